The average Bonchev–Trinajstić information content (AvgIpc) is 2.97. The molecule has 5 rings (SSSR count). The van der Waals surface area contributed by atoms with Gasteiger partial charge in [-0.3, -0.25) is 9.59 Å². The van der Waals surface area contributed by atoms with E-state index in [1.807, 2.05) is 24.3 Å². The first kappa shape index (κ1) is 30.9. The zero-order chi connectivity index (χ0) is 29.0. The average molecular weight is 598 g/mol. The Bertz CT molecular complexity index is 1480. The van der Waals surface area contributed by atoms with Gasteiger partial charge in [0, 0.05) is 48.2 Å². The van der Waals surface area contributed by atoms with Gasteiger partial charge in [0.25, 0.3) is 5.91 Å². The van der Waals surface area contributed by atoms with Crippen molar-refractivity contribution < 1.29 is 27.9 Å². The van der Waals surface area contributed by atoms with E-state index in [0.717, 1.165) is 49.3 Å². The highest BCUT2D eigenvalue weighted by molar-refractivity contribution is 6.03. The van der Waals surface area contributed by atoms with Gasteiger partial charge in [-0.1, -0.05) is 42.5 Å². The molecule has 2 heterocycles. The third-order valence-electron chi connectivity index (χ3n) is 7.33. The minimum Gasteiger partial charge on any atom is -0.383 e. The predicted octanol–water partition coefficient (Wildman–Crippen LogP) is 6.60. The number of carbonyl (C=O) groups is 2. The number of piperidine rings is 1. The number of halogens is 4. The zero-order valence-electron chi connectivity index (χ0n) is 22.7. The van der Waals surface area contributed by atoms with Crippen molar-refractivity contribution in [2.45, 2.75) is 38.0 Å². The Kier molecular flexibility index (Phi) is 9.75. The van der Waals surface area contributed by atoms with Crippen LogP contribution in [0.25, 0.3) is 5.57 Å². The van der Waals surface area contributed by atoms with E-state index in [4.69, 9.17) is 0 Å². The normalized spacial score (nSPS) is 17.3. The van der Waals surface area contributed by atoms with E-state index in [9.17, 15) is 27.9 Å². The fourth-order valence-electron chi connectivity index (χ4n) is 5.15. The Morgan fingerprint density at radius 3 is 2.24 bits per heavy atom. The molecule has 0 aliphatic carbocycles. The van der Waals surface area contributed by atoms with Gasteiger partial charge in [0.05, 0.1) is 5.56 Å². The maximum atomic E-state index is 13.2. The van der Waals surface area contributed by atoms with Crippen LogP contribution in [0.5, 0.6) is 0 Å². The van der Waals surface area contributed by atoms with Crippen LogP contribution in [-0.4, -0.2) is 36.1 Å². The molecule has 0 spiro atoms. The van der Waals surface area contributed by atoms with Gasteiger partial charge in [0.15, 0.2) is 0 Å². The van der Waals surface area contributed by atoms with Crippen molar-refractivity contribution in [2.75, 3.05) is 28.6 Å². The molecule has 0 bridgehead atoms. The number of amides is 2. The molecule has 1 unspecified atom stereocenters. The fraction of sp³-hybridized carbons (Fsp3) is 0.250. The van der Waals surface area contributed by atoms with Crippen molar-refractivity contribution >= 4 is 46.9 Å². The number of allylic oxidation sites excluding steroid dienone is 2. The Hall–Kier alpha value is -4.08. The second-order valence-electron chi connectivity index (χ2n) is 10.1. The molecule has 6 nitrogen and oxygen atoms in total. The third-order valence-corrected chi connectivity index (χ3v) is 7.33. The number of nitrogens with zero attached hydrogens (tertiary/aromatic N) is 1. The van der Waals surface area contributed by atoms with E-state index in [0.29, 0.717) is 28.1 Å². The topological polar surface area (TPSA) is 81.7 Å². The summed E-state index contributed by atoms with van der Waals surface area (Å²) in [5.74, 6) is -0.931. The van der Waals surface area contributed by atoms with Gasteiger partial charge in [0.2, 0.25) is 5.91 Å². The smallest absolute Gasteiger partial charge is 0.383 e. The molecular weight excluding hydrogens is 567 g/mol. The number of alkyl halides is 3. The molecule has 2 amide bonds. The van der Waals surface area contributed by atoms with Gasteiger partial charge in [-0.2, -0.15) is 13.2 Å². The summed E-state index contributed by atoms with van der Waals surface area (Å²) >= 11 is 0. The number of fused-ring (bicyclic) bond motifs is 1. The van der Waals surface area contributed by atoms with Crippen LogP contribution in [0.4, 0.5) is 30.2 Å². The first-order chi connectivity index (χ1) is 19.7. The number of hydrogen-bond acceptors (Lipinski definition) is 4. The van der Waals surface area contributed by atoms with Crippen molar-refractivity contribution in [1.82, 2.24) is 0 Å². The lowest BCUT2D eigenvalue weighted by atomic mass is 9.96. The van der Waals surface area contributed by atoms with E-state index in [-0.39, 0.29) is 18.8 Å². The molecule has 3 N–H and O–H groups in total. The van der Waals surface area contributed by atoms with Gasteiger partial charge in [0.1, 0.15) is 6.10 Å². The molecule has 0 aromatic heterocycles. The molecule has 0 radical (unpaired) electrons. The van der Waals surface area contributed by atoms with Crippen LogP contribution in [0, 0.1) is 0 Å². The largest absolute Gasteiger partial charge is 0.416 e. The lowest BCUT2D eigenvalue weighted by Gasteiger charge is -2.29. The second-order valence-corrected chi connectivity index (χ2v) is 10.1. The van der Waals surface area contributed by atoms with Gasteiger partial charge in [-0.15, -0.1) is 12.4 Å². The van der Waals surface area contributed by atoms with Crippen LogP contribution in [0.2, 0.25) is 0 Å². The molecule has 220 valence electrons. The number of rotatable bonds is 6. The van der Waals surface area contributed by atoms with Gasteiger partial charge < -0.3 is 20.6 Å². The van der Waals surface area contributed by atoms with Gasteiger partial charge in [-0.05, 0) is 72.4 Å². The summed E-state index contributed by atoms with van der Waals surface area (Å²) in [5.41, 5.74) is 4.03. The van der Waals surface area contributed by atoms with E-state index in [2.05, 4.69) is 15.5 Å². The van der Waals surface area contributed by atoms with Crippen molar-refractivity contribution in [3.63, 3.8) is 0 Å². The first-order valence-electron chi connectivity index (χ1n) is 13.5. The van der Waals surface area contributed by atoms with Gasteiger partial charge >= 0.3 is 6.18 Å². The highest BCUT2D eigenvalue weighted by Gasteiger charge is 2.30. The third kappa shape index (κ3) is 7.21. The van der Waals surface area contributed by atoms with E-state index in [1.54, 1.807) is 30.4 Å². The van der Waals surface area contributed by atoms with Crippen LogP contribution in [0.3, 0.4) is 0 Å². The lowest BCUT2D eigenvalue weighted by molar-refractivity contribution is -0.137. The monoisotopic (exact) mass is 597 g/mol. The summed E-state index contributed by atoms with van der Waals surface area (Å²) < 4.78 is 39.5. The van der Waals surface area contributed by atoms with E-state index < -0.39 is 29.7 Å². The number of hydrogen-bond donors (Lipinski definition) is 3. The number of nitrogens with one attached hydrogen (secondary N) is 2. The summed E-state index contributed by atoms with van der Waals surface area (Å²) in [6.45, 7) is 1.99. The van der Waals surface area contributed by atoms with Crippen molar-refractivity contribution in [3.8, 4) is 0 Å². The summed E-state index contributed by atoms with van der Waals surface area (Å²) in [6.07, 6.45) is 2.52. The minimum atomic E-state index is -4.44. The molecule has 1 atom stereocenters. The maximum Gasteiger partial charge on any atom is 0.416 e. The zero-order valence-corrected chi connectivity index (χ0v) is 23.5. The Labute approximate surface area is 248 Å². The molecule has 3 aromatic carbocycles. The molecular formula is C32H31ClF3N3O3. The number of carbonyl (C=O) groups excluding carboxylic acids is 2. The SMILES string of the molecule is Cl.O=C(C=CC=C(c1ccc(N2CCCCC2)cc1)c1ccc(C(F)(F)F)cc1)Nc1cccc2c1CC(O)C(=O)N2. The number of aliphatic hydroxyl groups is 1. The molecule has 10 heteroatoms. The number of aliphatic hydroxyl groups excluding tert-OH is 1. The Morgan fingerprint density at radius 1 is 0.952 bits per heavy atom. The molecule has 2 aliphatic rings. The molecule has 42 heavy (non-hydrogen) atoms. The highest BCUT2D eigenvalue weighted by Crippen LogP contribution is 2.33. The summed E-state index contributed by atoms with van der Waals surface area (Å²) in [5, 5.41) is 15.3. The highest BCUT2D eigenvalue weighted by atomic mass is 35.5. The van der Waals surface area contributed by atoms with Crippen molar-refractivity contribution in [1.29, 1.82) is 0 Å². The van der Waals surface area contributed by atoms with Crippen LogP contribution in [0.15, 0.2) is 85.0 Å². The number of anilines is 3. The van der Waals surface area contributed by atoms with E-state index in [1.165, 1.54) is 24.6 Å². The lowest BCUT2D eigenvalue weighted by Crippen LogP contribution is -2.34. The second kappa shape index (κ2) is 13.3. The predicted molar refractivity (Wildman–Crippen MR) is 161 cm³/mol. The molecule has 1 fully saturated rings. The molecule has 3 aromatic rings. The van der Waals surface area contributed by atoms with E-state index >= 15 is 0 Å². The standard InChI is InChI=1S/C32H30F3N3O3.ClH/c33-32(34,35)23-14-10-21(11-15-23)25(22-12-16-24(17-13-22)38-18-2-1-3-19-38)6-4-9-30(40)36-27-7-5-8-28-26(27)20-29(39)31(41)37-28;/h4-17,29,39H,1-3,18-20H2,(H,36,40)(H,37,41);1H. The Balaban J connectivity index is 0.00000405. The summed E-state index contributed by atoms with van der Waals surface area (Å²) in [7, 11) is 0. The quantitative estimate of drug-likeness (QED) is 0.221. The first-order valence-corrected chi connectivity index (χ1v) is 13.5. The number of benzene rings is 3. The molecule has 1 saturated heterocycles. The van der Waals surface area contributed by atoms with Crippen molar-refractivity contribution in [2.24, 2.45) is 0 Å². The fourth-order valence-corrected chi connectivity index (χ4v) is 5.15. The summed E-state index contributed by atoms with van der Waals surface area (Å²) in [6, 6.07) is 17.9. The molecule has 0 saturated carbocycles. The minimum absolute atomic E-state index is 0. The molecule has 2 aliphatic heterocycles. The summed E-state index contributed by atoms with van der Waals surface area (Å²) in [4.78, 5) is 26.9. The Morgan fingerprint density at radius 2 is 1.60 bits per heavy atom. The van der Waals surface area contributed by atoms with Crippen LogP contribution < -0.4 is 15.5 Å². The van der Waals surface area contributed by atoms with Crippen LogP contribution in [0.1, 0.15) is 41.5 Å². The van der Waals surface area contributed by atoms with Crippen molar-refractivity contribution in [3.05, 3.63) is 107 Å². The van der Waals surface area contributed by atoms with Crippen LogP contribution in [-0.2, 0) is 22.2 Å². The van der Waals surface area contributed by atoms with Crippen LogP contribution >= 0.6 is 12.4 Å². The maximum absolute atomic E-state index is 13.2. The van der Waals surface area contributed by atoms with Gasteiger partial charge in [-0.25, -0.2) is 0 Å².